The van der Waals surface area contributed by atoms with Crippen molar-refractivity contribution in [2.75, 3.05) is 26.0 Å². The molecular formula is C18H26N4O3. The Morgan fingerprint density at radius 1 is 1.28 bits per heavy atom. The van der Waals surface area contributed by atoms with E-state index in [0.717, 1.165) is 19.4 Å². The van der Waals surface area contributed by atoms with E-state index in [2.05, 4.69) is 10.6 Å². The summed E-state index contributed by atoms with van der Waals surface area (Å²) in [5.74, 6) is -0.374. The molecule has 2 aromatic rings. The van der Waals surface area contributed by atoms with Crippen LogP contribution in [0.3, 0.4) is 0 Å². The summed E-state index contributed by atoms with van der Waals surface area (Å²) in [6.07, 6.45) is 5.67. The van der Waals surface area contributed by atoms with Crippen molar-refractivity contribution in [1.29, 1.82) is 0 Å². The Labute approximate surface area is 147 Å². The van der Waals surface area contributed by atoms with Crippen molar-refractivity contribution in [2.24, 2.45) is 0 Å². The van der Waals surface area contributed by atoms with Gasteiger partial charge in [-0.1, -0.05) is 19.3 Å². The van der Waals surface area contributed by atoms with Gasteiger partial charge in [0.2, 0.25) is 0 Å². The zero-order valence-electron chi connectivity index (χ0n) is 14.9. The van der Waals surface area contributed by atoms with E-state index in [-0.39, 0.29) is 17.8 Å². The molecule has 2 N–H and O–H groups in total. The Morgan fingerprint density at radius 2 is 2.04 bits per heavy atom. The number of urea groups is 1. The van der Waals surface area contributed by atoms with Gasteiger partial charge in [0.1, 0.15) is 0 Å². The van der Waals surface area contributed by atoms with Crippen LogP contribution in [0.25, 0.3) is 11.1 Å². The number of carbonyl (C=O) groups excluding carboxylic acids is 1. The van der Waals surface area contributed by atoms with Crippen LogP contribution in [0.1, 0.15) is 32.1 Å². The second kappa shape index (κ2) is 7.74. The molecule has 1 fully saturated rings. The predicted molar refractivity (Wildman–Crippen MR) is 98.1 cm³/mol. The molecule has 1 aromatic heterocycles. The summed E-state index contributed by atoms with van der Waals surface area (Å²) in [6.45, 7) is 1.27. The molecule has 0 aliphatic heterocycles. The molecule has 1 aliphatic rings. The maximum absolute atomic E-state index is 12.2. The first kappa shape index (κ1) is 17.5. The van der Waals surface area contributed by atoms with Crippen LogP contribution in [0, 0.1) is 0 Å². The maximum Gasteiger partial charge on any atom is 0.419 e. The Kier molecular flexibility index (Phi) is 5.43. The molecule has 0 unspecified atom stereocenters. The Balaban J connectivity index is 1.72. The molecule has 3 rings (SSSR count). The van der Waals surface area contributed by atoms with Crippen LogP contribution in [0.4, 0.5) is 10.5 Å². The minimum atomic E-state index is -0.374. The summed E-state index contributed by atoms with van der Waals surface area (Å²) in [4.78, 5) is 26.2. The zero-order chi connectivity index (χ0) is 17.8. The van der Waals surface area contributed by atoms with E-state index < -0.39 is 0 Å². The number of amides is 2. The monoisotopic (exact) mass is 346 g/mol. The molecule has 1 aromatic carbocycles. The van der Waals surface area contributed by atoms with Gasteiger partial charge in [-0.05, 0) is 45.1 Å². The average Bonchev–Trinajstić information content (AvgIpc) is 2.88. The number of carbonyl (C=O) groups is 1. The number of oxazole rings is 1. The van der Waals surface area contributed by atoms with Crippen LogP contribution in [0.5, 0.6) is 0 Å². The second-order valence-corrected chi connectivity index (χ2v) is 6.94. The molecule has 136 valence electrons. The highest BCUT2D eigenvalue weighted by Crippen LogP contribution is 2.20. The van der Waals surface area contributed by atoms with E-state index in [0.29, 0.717) is 23.3 Å². The Hall–Kier alpha value is -2.28. The lowest BCUT2D eigenvalue weighted by Gasteiger charge is -2.22. The van der Waals surface area contributed by atoms with Crippen LogP contribution < -0.4 is 16.4 Å². The Morgan fingerprint density at radius 3 is 2.76 bits per heavy atom. The van der Waals surface area contributed by atoms with E-state index in [9.17, 15) is 9.59 Å². The first-order valence-electron chi connectivity index (χ1n) is 8.88. The highest BCUT2D eigenvalue weighted by Gasteiger charge is 2.16. The SMILES string of the molecule is CN(C)CCn1c(=O)oc2ccc(NC(=O)NC3CCCCC3)cc21. The van der Waals surface area contributed by atoms with E-state index >= 15 is 0 Å². The smallest absolute Gasteiger partial charge is 0.408 e. The van der Waals surface area contributed by atoms with Gasteiger partial charge in [-0.25, -0.2) is 9.59 Å². The van der Waals surface area contributed by atoms with Gasteiger partial charge in [-0.2, -0.15) is 0 Å². The van der Waals surface area contributed by atoms with Gasteiger partial charge < -0.3 is 20.0 Å². The number of aromatic nitrogens is 1. The van der Waals surface area contributed by atoms with E-state index in [1.54, 1.807) is 22.8 Å². The molecule has 2 amide bonds. The fourth-order valence-electron chi connectivity index (χ4n) is 3.25. The Bertz CT molecular complexity index is 787. The van der Waals surface area contributed by atoms with Gasteiger partial charge in [-0.15, -0.1) is 0 Å². The van der Waals surface area contributed by atoms with Gasteiger partial charge in [-0.3, -0.25) is 4.57 Å². The third-order valence-corrected chi connectivity index (χ3v) is 4.64. The van der Waals surface area contributed by atoms with Crippen LogP contribution in [-0.4, -0.2) is 42.2 Å². The largest absolute Gasteiger partial charge is 0.419 e. The van der Waals surface area contributed by atoms with Crippen molar-refractivity contribution >= 4 is 22.8 Å². The van der Waals surface area contributed by atoms with Crippen molar-refractivity contribution in [3.05, 3.63) is 28.7 Å². The molecule has 1 heterocycles. The van der Waals surface area contributed by atoms with Crippen molar-refractivity contribution in [3.8, 4) is 0 Å². The molecule has 25 heavy (non-hydrogen) atoms. The number of likely N-dealkylation sites (N-methyl/N-ethyl adjacent to an activating group) is 1. The van der Waals surface area contributed by atoms with Gasteiger partial charge in [0, 0.05) is 24.8 Å². The van der Waals surface area contributed by atoms with E-state index in [1.165, 1.54) is 19.3 Å². The fourth-order valence-corrected chi connectivity index (χ4v) is 3.25. The summed E-state index contributed by atoms with van der Waals surface area (Å²) in [5.41, 5.74) is 1.88. The molecule has 1 saturated carbocycles. The summed E-state index contributed by atoms with van der Waals surface area (Å²) < 4.78 is 6.87. The summed E-state index contributed by atoms with van der Waals surface area (Å²) >= 11 is 0. The van der Waals surface area contributed by atoms with Crippen molar-refractivity contribution in [3.63, 3.8) is 0 Å². The van der Waals surface area contributed by atoms with Crippen LogP contribution >= 0.6 is 0 Å². The molecule has 7 nitrogen and oxygen atoms in total. The minimum Gasteiger partial charge on any atom is -0.408 e. The summed E-state index contributed by atoms with van der Waals surface area (Å²) in [6, 6.07) is 5.32. The number of hydrogen-bond donors (Lipinski definition) is 2. The lowest BCUT2D eigenvalue weighted by Crippen LogP contribution is -2.39. The molecule has 0 radical (unpaired) electrons. The summed E-state index contributed by atoms with van der Waals surface area (Å²) in [5, 5.41) is 5.89. The van der Waals surface area contributed by atoms with Crippen molar-refractivity contribution in [2.45, 2.75) is 44.7 Å². The standard InChI is InChI=1S/C18H26N4O3/c1-21(2)10-11-22-15-12-14(8-9-16(15)25-18(22)24)20-17(23)19-13-6-4-3-5-7-13/h8-9,12-13H,3-7,10-11H2,1-2H3,(H2,19,20,23). The highest BCUT2D eigenvalue weighted by atomic mass is 16.4. The molecule has 7 heteroatoms. The lowest BCUT2D eigenvalue weighted by atomic mass is 9.96. The van der Waals surface area contributed by atoms with E-state index in [1.807, 2.05) is 19.0 Å². The molecule has 0 saturated heterocycles. The number of fused-ring (bicyclic) bond motifs is 1. The first-order chi connectivity index (χ1) is 12.0. The van der Waals surface area contributed by atoms with E-state index in [4.69, 9.17) is 4.42 Å². The number of hydrogen-bond acceptors (Lipinski definition) is 4. The predicted octanol–water partition coefficient (Wildman–Crippen LogP) is 2.61. The van der Waals surface area contributed by atoms with Gasteiger partial charge in [0.05, 0.1) is 5.52 Å². The minimum absolute atomic E-state index is 0.197. The normalized spacial score (nSPS) is 15.6. The lowest BCUT2D eigenvalue weighted by molar-refractivity contribution is 0.244. The number of rotatable bonds is 5. The average molecular weight is 346 g/mol. The topological polar surface area (TPSA) is 79.5 Å². The maximum atomic E-state index is 12.2. The van der Waals surface area contributed by atoms with Crippen LogP contribution in [-0.2, 0) is 6.54 Å². The number of nitrogens with zero attached hydrogens (tertiary/aromatic N) is 2. The second-order valence-electron chi connectivity index (χ2n) is 6.94. The van der Waals surface area contributed by atoms with Crippen LogP contribution in [0.15, 0.2) is 27.4 Å². The molecule has 1 aliphatic carbocycles. The van der Waals surface area contributed by atoms with Crippen molar-refractivity contribution < 1.29 is 9.21 Å². The van der Waals surface area contributed by atoms with Crippen molar-refractivity contribution in [1.82, 2.24) is 14.8 Å². The zero-order valence-corrected chi connectivity index (χ0v) is 14.9. The molecule has 0 spiro atoms. The molecule has 0 bridgehead atoms. The van der Waals surface area contributed by atoms with Gasteiger partial charge in [0.15, 0.2) is 5.58 Å². The number of nitrogens with one attached hydrogen (secondary N) is 2. The van der Waals surface area contributed by atoms with Gasteiger partial charge in [0.25, 0.3) is 0 Å². The molecular weight excluding hydrogens is 320 g/mol. The third-order valence-electron chi connectivity index (χ3n) is 4.64. The number of anilines is 1. The quantitative estimate of drug-likeness (QED) is 0.872. The fraction of sp³-hybridized carbons (Fsp3) is 0.556. The first-order valence-corrected chi connectivity index (χ1v) is 8.88. The number of benzene rings is 1. The molecule has 0 atom stereocenters. The van der Waals surface area contributed by atoms with Crippen LogP contribution in [0.2, 0.25) is 0 Å². The highest BCUT2D eigenvalue weighted by molar-refractivity contribution is 5.91. The summed E-state index contributed by atoms with van der Waals surface area (Å²) in [7, 11) is 3.91. The third kappa shape index (κ3) is 4.42. The van der Waals surface area contributed by atoms with Gasteiger partial charge >= 0.3 is 11.8 Å².